The second-order valence-electron chi connectivity index (χ2n) is 8.02. The highest BCUT2D eigenvalue weighted by Gasteiger charge is 2.48. The molecule has 4 heterocycles. The number of anilines is 1. The van der Waals surface area contributed by atoms with Crippen molar-refractivity contribution in [3.05, 3.63) is 66.4 Å². The lowest BCUT2D eigenvalue weighted by Gasteiger charge is -2.18. The summed E-state index contributed by atoms with van der Waals surface area (Å²) in [4.78, 5) is 9.07. The molecule has 2 fully saturated rings. The summed E-state index contributed by atoms with van der Waals surface area (Å²) in [5, 5.41) is 3.39. The number of ether oxygens (including phenoxy) is 5. The zero-order chi connectivity index (χ0) is 21.3. The fraction of sp³-hybridized carbons (Fsp3) is 0.333. The van der Waals surface area contributed by atoms with Crippen molar-refractivity contribution in [3.8, 4) is 22.8 Å². The van der Waals surface area contributed by atoms with Gasteiger partial charge in [0.1, 0.15) is 18.3 Å². The van der Waals surface area contributed by atoms with Crippen LogP contribution in [0.1, 0.15) is 5.56 Å². The lowest BCUT2D eigenvalue weighted by atomic mass is 10.1. The molecule has 0 bridgehead atoms. The molecule has 1 N–H and O–H groups in total. The Kier molecular flexibility index (Phi) is 5.10. The zero-order valence-electron chi connectivity index (χ0n) is 17.3. The SMILES string of the molecule is c1ccc(COC2COC3C(Nc4nccc(-c5ccc6c(c5)OCO6)n4)COC23)cc1. The summed E-state index contributed by atoms with van der Waals surface area (Å²) in [5.74, 6) is 2.01. The van der Waals surface area contributed by atoms with E-state index < -0.39 is 0 Å². The normalized spacial score (nSPS) is 25.6. The molecule has 164 valence electrons. The van der Waals surface area contributed by atoms with Crippen molar-refractivity contribution in [2.75, 3.05) is 25.3 Å². The highest BCUT2D eigenvalue weighted by atomic mass is 16.7. The van der Waals surface area contributed by atoms with Crippen LogP contribution in [0.4, 0.5) is 5.95 Å². The minimum atomic E-state index is -0.103. The summed E-state index contributed by atoms with van der Waals surface area (Å²) in [7, 11) is 0. The summed E-state index contributed by atoms with van der Waals surface area (Å²) in [6.45, 7) is 1.81. The van der Waals surface area contributed by atoms with Gasteiger partial charge in [-0.1, -0.05) is 30.3 Å². The van der Waals surface area contributed by atoms with E-state index in [1.165, 1.54) is 0 Å². The highest BCUT2D eigenvalue weighted by molar-refractivity contribution is 5.65. The van der Waals surface area contributed by atoms with E-state index in [9.17, 15) is 0 Å². The number of rotatable bonds is 6. The van der Waals surface area contributed by atoms with Crippen LogP contribution >= 0.6 is 0 Å². The molecule has 0 saturated carbocycles. The van der Waals surface area contributed by atoms with Crippen LogP contribution in [0.5, 0.6) is 11.5 Å². The van der Waals surface area contributed by atoms with Crippen LogP contribution in [0.25, 0.3) is 11.3 Å². The number of fused-ring (bicyclic) bond motifs is 2. The maximum Gasteiger partial charge on any atom is 0.231 e. The molecule has 3 aliphatic heterocycles. The third-order valence-corrected chi connectivity index (χ3v) is 5.95. The van der Waals surface area contributed by atoms with Gasteiger partial charge in [-0.15, -0.1) is 0 Å². The Morgan fingerprint density at radius 3 is 2.75 bits per heavy atom. The van der Waals surface area contributed by atoms with Crippen LogP contribution in [0.2, 0.25) is 0 Å². The Balaban J connectivity index is 1.11. The van der Waals surface area contributed by atoms with Crippen molar-refractivity contribution in [2.45, 2.75) is 31.0 Å². The summed E-state index contributed by atoms with van der Waals surface area (Å²) in [5.41, 5.74) is 2.87. The van der Waals surface area contributed by atoms with Crippen LogP contribution in [0, 0.1) is 0 Å². The number of hydrogen-bond donors (Lipinski definition) is 1. The fourth-order valence-corrected chi connectivity index (χ4v) is 4.32. The quantitative estimate of drug-likeness (QED) is 0.635. The van der Waals surface area contributed by atoms with E-state index in [1.54, 1.807) is 6.20 Å². The third kappa shape index (κ3) is 3.77. The minimum Gasteiger partial charge on any atom is -0.454 e. The smallest absolute Gasteiger partial charge is 0.231 e. The molecule has 0 aliphatic carbocycles. The van der Waals surface area contributed by atoms with Crippen molar-refractivity contribution in [1.82, 2.24) is 9.97 Å². The first kappa shape index (κ1) is 19.5. The van der Waals surface area contributed by atoms with Crippen LogP contribution in [0.3, 0.4) is 0 Å². The first-order chi connectivity index (χ1) is 15.8. The second-order valence-corrected chi connectivity index (χ2v) is 8.02. The number of nitrogens with one attached hydrogen (secondary N) is 1. The van der Waals surface area contributed by atoms with Gasteiger partial charge in [0.15, 0.2) is 11.5 Å². The van der Waals surface area contributed by atoms with Gasteiger partial charge in [0, 0.05) is 11.8 Å². The summed E-state index contributed by atoms with van der Waals surface area (Å²) < 4.78 is 29.0. The maximum absolute atomic E-state index is 6.08. The van der Waals surface area contributed by atoms with Crippen molar-refractivity contribution < 1.29 is 23.7 Å². The maximum atomic E-state index is 6.08. The molecule has 4 atom stereocenters. The van der Waals surface area contributed by atoms with E-state index in [-0.39, 0.29) is 31.1 Å². The Morgan fingerprint density at radius 2 is 1.81 bits per heavy atom. The van der Waals surface area contributed by atoms with Gasteiger partial charge in [0.25, 0.3) is 0 Å². The minimum absolute atomic E-state index is 0.0441. The lowest BCUT2D eigenvalue weighted by Crippen LogP contribution is -2.37. The molecule has 3 aliphatic rings. The van der Waals surface area contributed by atoms with Crippen molar-refractivity contribution in [2.24, 2.45) is 0 Å². The fourth-order valence-electron chi connectivity index (χ4n) is 4.32. The van der Waals surface area contributed by atoms with Crippen molar-refractivity contribution in [3.63, 3.8) is 0 Å². The molecular formula is C24H23N3O5. The van der Waals surface area contributed by atoms with Crippen LogP contribution in [0.15, 0.2) is 60.8 Å². The molecule has 3 aromatic rings. The van der Waals surface area contributed by atoms with Crippen LogP contribution < -0.4 is 14.8 Å². The van der Waals surface area contributed by atoms with Crippen LogP contribution in [-0.4, -0.2) is 54.3 Å². The molecular weight excluding hydrogens is 410 g/mol. The van der Waals surface area contributed by atoms with Crippen LogP contribution in [-0.2, 0) is 20.8 Å². The summed E-state index contributed by atoms with van der Waals surface area (Å²) in [6.07, 6.45) is 1.44. The number of benzene rings is 2. The van der Waals surface area contributed by atoms with Gasteiger partial charge in [-0.3, -0.25) is 0 Å². The van der Waals surface area contributed by atoms with Gasteiger partial charge in [-0.25, -0.2) is 9.97 Å². The molecule has 1 aromatic heterocycles. The van der Waals surface area contributed by atoms with E-state index in [2.05, 4.69) is 27.4 Å². The average Bonchev–Trinajstić information content (AvgIpc) is 3.56. The first-order valence-corrected chi connectivity index (χ1v) is 10.7. The topological polar surface area (TPSA) is 84.0 Å². The Labute approximate surface area is 185 Å². The second kappa shape index (κ2) is 8.38. The predicted octanol–water partition coefficient (Wildman–Crippen LogP) is 3.04. The number of hydrogen-bond acceptors (Lipinski definition) is 8. The molecule has 2 saturated heterocycles. The van der Waals surface area contributed by atoms with Crippen molar-refractivity contribution in [1.29, 1.82) is 0 Å². The number of nitrogens with zero attached hydrogens (tertiary/aromatic N) is 2. The molecule has 4 unspecified atom stereocenters. The standard InChI is InChI=1S/C24H23N3O5/c1-2-4-15(5-3-1)11-28-21-13-30-22-18(12-29-23(21)22)27-24-25-9-8-17(26-24)16-6-7-19-20(10-16)32-14-31-19/h1-10,18,21-23H,11-14H2,(H,25,26,27). The molecule has 6 rings (SSSR count). The largest absolute Gasteiger partial charge is 0.454 e. The van der Waals surface area contributed by atoms with E-state index in [0.29, 0.717) is 25.8 Å². The highest BCUT2D eigenvalue weighted by Crippen LogP contribution is 2.36. The van der Waals surface area contributed by atoms with Gasteiger partial charge >= 0.3 is 0 Å². The Hall–Kier alpha value is -3.20. The molecule has 2 aromatic carbocycles. The van der Waals surface area contributed by atoms with Gasteiger partial charge < -0.3 is 29.0 Å². The Bertz CT molecular complexity index is 1100. The lowest BCUT2D eigenvalue weighted by molar-refractivity contribution is -0.0388. The molecule has 32 heavy (non-hydrogen) atoms. The van der Waals surface area contributed by atoms with Gasteiger partial charge in [0.2, 0.25) is 12.7 Å². The van der Waals surface area contributed by atoms with E-state index in [0.717, 1.165) is 28.3 Å². The first-order valence-electron chi connectivity index (χ1n) is 10.7. The third-order valence-electron chi connectivity index (χ3n) is 5.95. The van der Waals surface area contributed by atoms with E-state index in [1.807, 2.05) is 42.5 Å². The van der Waals surface area contributed by atoms with Crippen molar-refractivity contribution >= 4 is 5.95 Å². The van der Waals surface area contributed by atoms with Gasteiger partial charge in [-0.2, -0.15) is 0 Å². The monoisotopic (exact) mass is 433 g/mol. The van der Waals surface area contributed by atoms with Gasteiger partial charge in [0.05, 0.1) is 31.6 Å². The van der Waals surface area contributed by atoms with E-state index >= 15 is 0 Å². The molecule has 8 heteroatoms. The predicted molar refractivity (Wildman–Crippen MR) is 116 cm³/mol. The number of aromatic nitrogens is 2. The van der Waals surface area contributed by atoms with E-state index in [4.69, 9.17) is 23.7 Å². The summed E-state index contributed by atoms with van der Waals surface area (Å²) in [6, 6.07) is 17.7. The zero-order valence-corrected chi connectivity index (χ0v) is 17.3. The van der Waals surface area contributed by atoms with Gasteiger partial charge in [-0.05, 0) is 29.8 Å². The molecule has 8 nitrogen and oxygen atoms in total. The summed E-state index contributed by atoms with van der Waals surface area (Å²) >= 11 is 0. The molecule has 0 spiro atoms. The molecule has 0 amide bonds. The molecule has 0 radical (unpaired) electrons. The Morgan fingerprint density at radius 1 is 0.938 bits per heavy atom. The average molecular weight is 433 g/mol.